The van der Waals surface area contributed by atoms with E-state index in [1.807, 2.05) is 16.8 Å². The first-order valence-electron chi connectivity index (χ1n) is 30.8. The summed E-state index contributed by atoms with van der Waals surface area (Å²) in [6, 6.07) is 0. The second-order valence-electron chi connectivity index (χ2n) is 20.0. The van der Waals surface area contributed by atoms with Crippen molar-refractivity contribution in [3.8, 4) is 0 Å². The van der Waals surface area contributed by atoms with Crippen LogP contribution in [0.2, 0.25) is 0 Å². The Balaban J connectivity index is 5.27. The maximum absolute atomic E-state index is 12.7. The van der Waals surface area contributed by atoms with Crippen LogP contribution in [0, 0.1) is 0 Å². The van der Waals surface area contributed by atoms with E-state index in [0.717, 1.165) is 128 Å². The van der Waals surface area contributed by atoms with E-state index in [9.17, 15) is 38.4 Å². The first-order chi connectivity index (χ1) is 39.8. The SMILES string of the molecule is CCCCCCCOC(=O)OCCOC(=O)CCN(CCCN(C)CCCN(CCC(=O)OCCOC(=O)OCCCCCCC)CCC(=O)OCCOC(=O)OCCCCCCC)CCC(=O)OCCOC(=O)OCCCCCCC. The predicted octanol–water partition coefficient (Wildman–Crippen LogP) is 10.5. The average molecular weight is 1180 g/mol. The largest absolute Gasteiger partial charge is 0.508 e. The van der Waals surface area contributed by atoms with Crippen LogP contribution in [0.3, 0.4) is 0 Å². The van der Waals surface area contributed by atoms with Crippen LogP contribution in [0.5, 0.6) is 0 Å². The summed E-state index contributed by atoms with van der Waals surface area (Å²) < 4.78 is 61.6. The number of hydrogen-bond donors (Lipinski definition) is 0. The van der Waals surface area contributed by atoms with Crippen LogP contribution in [0.4, 0.5) is 19.2 Å². The monoisotopic (exact) mass is 1180 g/mol. The Kier molecular flexibility index (Phi) is 54.0. The zero-order valence-electron chi connectivity index (χ0n) is 51.0. The van der Waals surface area contributed by atoms with Gasteiger partial charge in [0, 0.05) is 26.2 Å². The maximum atomic E-state index is 12.7. The number of hydrogen-bond acceptors (Lipinski definition) is 23. The van der Waals surface area contributed by atoms with Gasteiger partial charge >= 0.3 is 48.5 Å². The highest BCUT2D eigenvalue weighted by molar-refractivity contribution is 5.71. The van der Waals surface area contributed by atoms with Crippen molar-refractivity contribution in [3.05, 3.63) is 0 Å². The van der Waals surface area contributed by atoms with Gasteiger partial charge in [0.15, 0.2) is 0 Å². The van der Waals surface area contributed by atoms with Gasteiger partial charge in [-0.15, -0.1) is 0 Å². The minimum atomic E-state index is -0.811. The molecule has 0 saturated heterocycles. The molecule has 23 nitrogen and oxygen atoms in total. The van der Waals surface area contributed by atoms with Crippen molar-refractivity contribution in [2.75, 3.05) is 139 Å². The molecule has 0 aromatic heterocycles. The van der Waals surface area contributed by atoms with E-state index in [1.54, 1.807) is 0 Å². The van der Waals surface area contributed by atoms with Crippen molar-refractivity contribution < 1.29 is 95.2 Å². The molecule has 0 amide bonds. The molecule has 0 fully saturated rings. The van der Waals surface area contributed by atoms with E-state index in [4.69, 9.17) is 56.8 Å². The first-order valence-corrected chi connectivity index (χ1v) is 30.8. The average Bonchev–Trinajstić information content (AvgIpc) is 3.46. The molecule has 82 heavy (non-hydrogen) atoms. The van der Waals surface area contributed by atoms with Crippen LogP contribution >= 0.6 is 0 Å². The van der Waals surface area contributed by atoms with Crippen LogP contribution in [0.25, 0.3) is 0 Å². The molecular formula is C59H107N3O20. The Morgan fingerprint density at radius 2 is 0.439 bits per heavy atom. The van der Waals surface area contributed by atoms with Crippen molar-refractivity contribution in [2.45, 2.75) is 195 Å². The summed E-state index contributed by atoms with van der Waals surface area (Å²) in [5.74, 6) is -2.01. The molecule has 0 aliphatic carbocycles. The molecule has 0 rings (SSSR count). The molecule has 0 saturated carbocycles. The lowest BCUT2D eigenvalue weighted by Crippen LogP contribution is -2.34. The van der Waals surface area contributed by atoms with Gasteiger partial charge in [-0.1, -0.05) is 130 Å². The Morgan fingerprint density at radius 3 is 0.671 bits per heavy atom. The molecule has 0 aliphatic rings. The summed E-state index contributed by atoms with van der Waals surface area (Å²) in [7, 11) is 1.96. The van der Waals surface area contributed by atoms with Crippen molar-refractivity contribution in [1.82, 2.24) is 14.7 Å². The fourth-order valence-corrected chi connectivity index (χ4v) is 7.93. The number of esters is 4. The van der Waals surface area contributed by atoms with Crippen LogP contribution in [-0.2, 0) is 76.0 Å². The van der Waals surface area contributed by atoms with Gasteiger partial charge in [0.25, 0.3) is 0 Å². The topological polar surface area (TPSA) is 257 Å². The van der Waals surface area contributed by atoms with Crippen molar-refractivity contribution in [3.63, 3.8) is 0 Å². The van der Waals surface area contributed by atoms with Crippen LogP contribution in [-0.4, -0.2) is 202 Å². The minimum Gasteiger partial charge on any atom is -0.462 e. The second-order valence-corrected chi connectivity index (χ2v) is 20.0. The molecule has 478 valence electrons. The van der Waals surface area contributed by atoms with Crippen molar-refractivity contribution >= 4 is 48.5 Å². The fourth-order valence-electron chi connectivity index (χ4n) is 7.93. The van der Waals surface area contributed by atoms with Crippen LogP contribution in [0.1, 0.15) is 195 Å². The molecule has 0 heterocycles. The summed E-state index contributed by atoms with van der Waals surface area (Å²) in [4.78, 5) is 105. The third-order valence-corrected chi connectivity index (χ3v) is 12.7. The third-order valence-electron chi connectivity index (χ3n) is 12.7. The number of rotatable bonds is 56. The smallest absolute Gasteiger partial charge is 0.462 e. The van der Waals surface area contributed by atoms with Gasteiger partial charge in [-0.05, 0) is 71.8 Å². The minimum absolute atomic E-state index is 0.0159. The molecule has 0 aromatic rings. The van der Waals surface area contributed by atoms with Crippen molar-refractivity contribution in [1.29, 1.82) is 0 Å². The summed E-state index contributed by atoms with van der Waals surface area (Å²) in [6.45, 7) is 11.9. The van der Waals surface area contributed by atoms with Crippen LogP contribution in [0.15, 0.2) is 0 Å². The van der Waals surface area contributed by atoms with Gasteiger partial charge in [-0.2, -0.15) is 0 Å². The van der Waals surface area contributed by atoms with Crippen LogP contribution < -0.4 is 0 Å². The molecule has 0 N–H and O–H groups in total. The van der Waals surface area contributed by atoms with Gasteiger partial charge < -0.3 is 71.5 Å². The van der Waals surface area contributed by atoms with Gasteiger partial charge in [0.2, 0.25) is 0 Å². The van der Waals surface area contributed by atoms with E-state index >= 15 is 0 Å². The van der Waals surface area contributed by atoms with E-state index in [1.165, 1.54) is 0 Å². The van der Waals surface area contributed by atoms with E-state index in [0.29, 0.717) is 39.0 Å². The predicted molar refractivity (Wildman–Crippen MR) is 306 cm³/mol. The van der Waals surface area contributed by atoms with E-state index in [-0.39, 0.29) is 131 Å². The lowest BCUT2D eigenvalue weighted by atomic mass is 10.2. The molecule has 0 radical (unpaired) electrons. The zero-order chi connectivity index (χ0) is 60.4. The van der Waals surface area contributed by atoms with E-state index < -0.39 is 48.5 Å². The lowest BCUT2D eigenvalue weighted by Gasteiger charge is -2.25. The molecule has 0 unspecified atom stereocenters. The highest BCUT2D eigenvalue weighted by Gasteiger charge is 2.17. The second kappa shape index (κ2) is 57.6. The molecule has 0 aromatic carbocycles. The molecule has 23 heteroatoms. The number of nitrogens with zero attached hydrogens (tertiary/aromatic N) is 3. The molecule has 0 bridgehead atoms. The Bertz CT molecular complexity index is 1410. The lowest BCUT2D eigenvalue weighted by molar-refractivity contribution is -0.147. The Hall–Kier alpha value is -5.16. The number of ether oxygens (including phenoxy) is 12. The molecule has 0 atom stereocenters. The first kappa shape index (κ1) is 76.8. The standard InChI is InChI=1S/C59H107N3O20/c1-6-10-14-18-22-40-75-56(67)79-48-44-71-52(63)28-36-61(37-29-53(64)72-45-49-80-57(68)76-41-23-19-15-11-7-2)34-26-32-60(5)33-27-35-62(38-30-54(65)73-46-50-81-58(69)77-42-24-20-16-12-8-3)39-31-55(66)74-47-51-82-59(70)78-43-25-21-17-13-9-4/h6-51H2,1-5H3. The molecule has 0 aliphatic heterocycles. The Labute approximate surface area is 490 Å². The highest BCUT2D eigenvalue weighted by Crippen LogP contribution is 2.09. The van der Waals surface area contributed by atoms with Gasteiger partial charge in [0.1, 0.15) is 52.9 Å². The maximum Gasteiger partial charge on any atom is 0.508 e. The van der Waals surface area contributed by atoms with Crippen molar-refractivity contribution in [2.24, 2.45) is 0 Å². The number of carbonyl (C=O) groups excluding carboxylic acids is 8. The quantitative estimate of drug-likeness (QED) is 0.0311. The van der Waals surface area contributed by atoms with Gasteiger partial charge in [-0.25, -0.2) is 19.2 Å². The third kappa shape index (κ3) is 54.1. The highest BCUT2D eigenvalue weighted by atomic mass is 16.7. The van der Waals surface area contributed by atoms with E-state index in [2.05, 4.69) is 32.6 Å². The number of unbranched alkanes of at least 4 members (excludes halogenated alkanes) is 16. The van der Waals surface area contributed by atoms with Gasteiger partial charge in [0.05, 0.1) is 52.1 Å². The summed E-state index contributed by atoms with van der Waals surface area (Å²) in [5, 5.41) is 0. The summed E-state index contributed by atoms with van der Waals surface area (Å²) in [5.41, 5.74) is 0. The summed E-state index contributed by atoms with van der Waals surface area (Å²) in [6.07, 6.45) is 18.3. The number of carbonyl (C=O) groups is 8. The fraction of sp³-hybridized carbons (Fsp3) is 0.864. The Morgan fingerprint density at radius 1 is 0.232 bits per heavy atom. The molecule has 0 spiro atoms. The van der Waals surface area contributed by atoms with Gasteiger partial charge in [-0.3, -0.25) is 19.2 Å². The molecular weight excluding hydrogens is 1070 g/mol. The zero-order valence-corrected chi connectivity index (χ0v) is 51.0. The summed E-state index contributed by atoms with van der Waals surface area (Å²) >= 11 is 0. The normalized spacial score (nSPS) is 11.0.